The number of fused-ring (bicyclic) bond motifs is 1. The molecule has 2 rings (SSSR count). The van der Waals surface area contributed by atoms with E-state index < -0.39 is 0 Å². The molecular formula is C16H16O3. The van der Waals surface area contributed by atoms with Crippen LogP contribution in [0.4, 0.5) is 0 Å². The first-order chi connectivity index (χ1) is 9.19. The third-order valence-corrected chi connectivity index (χ3v) is 3.05. The first-order valence-electron chi connectivity index (χ1n) is 6.25. The van der Waals surface area contributed by atoms with E-state index >= 15 is 0 Å². The number of benzene rings is 2. The van der Waals surface area contributed by atoms with Gasteiger partial charge in [-0.3, -0.25) is 9.59 Å². The van der Waals surface area contributed by atoms with Crippen molar-refractivity contribution in [2.45, 2.75) is 19.3 Å². The summed E-state index contributed by atoms with van der Waals surface area (Å²) in [5.74, 6) is -0.285. The van der Waals surface area contributed by atoms with Gasteiger partial charge in [-0.15, -0.1) is 0 Å². The van der Waals surface area contributed by atoms with Gasteiger partial charge in [-0.25, -0.2) is 0 Å². The maximum Gasteiger partial charge on any atom is 0.305 e. The molecule has 0 amide bonds. The second kappa shape index (κ2) is 6.14. The maximum atomic E-state index is 11.8. The van der Waals surface area contributed by atoms with Gasteiger partial charge in [0.1, 0.15) is 5.78 Å². The van der Waals surface area contributed by atoms with E-state index in [0.717, 1.165) is 16.3 Å². The van der Waals surface area contributed by atoms with Crippen LogP contribution in [0.15, 0.2) is 42.5 Å². The molecule has 0 N–H and O–H groups in total. The normalized spacial score (nSPS) is 10.4. The Bertz CT molecular complexity index is 602. The number of ether oxygens (including phenoxy) is 1. The fraction of sp³-hybridized carbons (Fsp3) is 0.250. The summed E-state index contributed by atoms with van der Waals surface area (Å²) in [5, 5.41) is 2.29. The van der Waals surface area contributed by atoms with Crippen LogP contribution in [0.2, 0.25) is 0 Å². The predicted molar refractivity (Wildman–Crippen MR) is 73.9 cm³/mol. The number of methoxy groups -OCH3 is 1. The number of carbonyl (C=O) groups excluding carboxylic acids is 2. The zero-order valence-electron chi connectivity index (χ0n) is 10.9. The second-order valence-corrected chi connectivity index (χ2v) is 4.47. The Morgan fingerprint density at radius 2 is 1.74 bits per heavy atom. The standard InChI is InChI=1S/C16H16O3/c1-19-16(18)9-8-15(17)11-12-6-7-13-4-2-3-5-14(13)10-12/h2-7,10H,8-9,11H2,1H3. The molecule has 0 saturated heterocycles. The van der Waals surface area contributed by atoms with Crippen LogP contribution < -0.4 is 0 Å². The molecular weight excluding hydrogens is 240 g/mol. The third-order valence-electron chi connectivity index (χ3n) is 3.05. The molecule has 2 aromatic carbocycles. The number of hydrogen-bond donors (Lipinski definition) is 0. The van der Waals surface area contributed by atoms with Gasteiger partial charge in [-0.2, -0.15) is 0 Å². The van der Waals surface area contributed by atoms with Gasteiger partial charge in [-0.05, 0) is 16.3 Å². The molecule has 0 radical (unpaired) electrons. The number of carbonyl (C=O) groups is 2. The Labute approximate surface area is 112 Å². The molecule has 0 unspecified atom stereocenters. The minimum atomic E-state index is -0.341. The van der Waals surface area contributed by atoms with Crippen LogP contribution in [0.1, 0.15) is 18.4 Å². The van der Waals surface area contributed by atoms with E-state index in [1.165, 1.54) is 7.11 Å². The fourth-order valence-corrected chi connectivity index (χ4v) is 2.01. The quantitative estimate of drug-likeness (QED) is 0.772. The lowest BCUT2D eigenvalue weighted by atomic mass is 10.0. The van der Waals surface area contributed by atoms with E-state index in [0.29, 0.717) is 6.42 Å². The van der Waals surface area contributed by atoms with Crippen LogP contribution in [-0.4, -0.2) is 18.9 Å². The van der Waals surface area contributed by atoms with Crippen LogP contribution in [-0.2, 0) is 20.7 Å². The molecule has 3 heteroatoms. The van der Waals surface area contributed by atoms with Crippen LogP contribution in [0.5, 0.6) is 0 Å². The van der Waals surface area contributed by atoms with Crippen LogP contribution in [0.3, 0.4) is 0 Å². The summed E-state index contributed by atoms with van der Waals surface area (Å²) in [7, 11) is 1.33. The van der Waals surface area contributed by atoms with Crippen molar-refractivity contribution >= 4 is 22.5 Å². The average Bonchev–Trinajstić information content (AvgIpc) is 2.44. The molecule has 2 aromatic rings. The fourth-order valence-electron chi connectivity index (χ4n) is 2.01. The smallest absolute Gasteiger partial charge is 0.305 e. The van der Waals surface area contributed by atoms with E-state index in [1.54, 1.807) is 0 Å². The van der Waals surface area contributed by atoms with E-state index in [1.807, 2.05) is 42.5 Å². The highest BCUT2D eigenvalue weighted by atomic mass is 16.5. The zero-order chi connectivity index (χ0) is 13.7. The summed E-state index contributed by atoms with van der Waals surface area (Å²) in [5.41, 5.74) is 0.980. The van der Waals surface area contributed by atoms with Crippen LogP contribution >= 0.6 is 0 Å². The first kappa shape index (κ1) is 13.3. The Morgan fingerprint density at radius 3 is 2.47 bits per heavy atom. The Hall–Kier alpha value is -2.16. The summed E-state index contributed by atoms with van der Waals surface area (Å²) in [4.78, 5) is 22.7. The molecule has 0 aliphatic heterocycles. The molecule has 3 nitrogen and oxygen atoms in total. The highest BCUT2D eigenvalue weighted by Crippen LogP contribution is 2.16. The lowest BCUT2D eigenvalue weighted by Gasteiger charge is -2.03. The number of hydrogen-bond acceptors (Lipinski definition) is 3. The number of esters is 1. The van der Waals surface area contributed by atoms with E-state index in [2.05, 4.69) is 4.74 Å². The van der Waals surface area contributed by atoms with E-state index in [4.69, 9.17) is 0 Å². The number of Topliss-reactive ketones (excluding diaryl/α,β-unsaturated/α-hetero) is 1. The Balaban J connectivity index is 2.01. The van der Waals surface area contributed by atoms with Gasteiger partial charge in [-0.1, -0.05) is 42.5 Å². The van der Waals surface area contributed by atoms with E-state index in [9.17, 15) is 9.59 Å². The van der Waals surface area contributed by atoms with Crippen molar-refractivity contribution in [3.8, 4) is 0 Å². The molecule has 0 aliphatic carbocycles. The third kappa shape index (κ3) is 3.65. The summed E-state index contributed by atoms with van der Waals surface area (Å²) < 4.78 is 4.52. The molecule has 0 aromatic heterocycles. The van der Waals surface area contributed by atoms with Gasteiger partial charge in [0, 0.05) is 12.8 Å². The lowest BCUT2D eigenvalue weighted by Crippen LogP contribution is -2.07. The topological polar surface area (TPSA) is 43.4 Å². The van der Waals surface area contributed by atoms with Crippen molar-refractivity contribution in [3.05, 3.63) is 48.0 Å². The molecule has 0 spiro atoms. The molecule has 0 heterocycles. The second-order valence-electron chi connectivity index (χ2n) is 4.47. The minimum absolute atomic E-state index is 0.0562. The Morgan fingerprint density at radius 1 is 1.00 bits per heavy atom. The molecule has 0 aliphatic rings. The van der Waals surface area contributed by atoms with Crippen molar-refractivity contribution in [3.63, 3.8) is 0 Å². The van der Waals surface area contributed by atoms with Crippen molar-refractivity contribution in [1.82, 2.24) is 0 Å². The largest absolute Gasteiger partial charge is 0.469 e. The predicted octanol–water partition coefficient (Wildman–Crippen LogP) is 2.90. The van der Waals surface area contributed by atoms with Gasteiger partial charge in [0.2, 0.25) is 0 Å². The summed E-state index contributed by atoms with van der Waals surface area (Å²) >= 11 is 0. The Kier molecular flexibility index (Phi) is 4.29. The highest BCUT2D eigenvalue weighted by Gasteiger charge is 2.08. The molecule has 98 valence electrons. The minimum Gasteiger partial charge on any atom is -0.469 e. The average molecular weight is 256 g/mol. The number of rotatable bonds is 5. The van der Waals surface area contributed by atoms with Crippen molar-refractivity contribution < 1.29 is 14.3 Å². The van der Waals surface area contributed by atoms with Gasteiger partial charge < -0.3 is 4.74 Å². The van der Waals surface area contributed by atoms with Gasteiger partial charge in [0.15, 0.2) is 0 Å². The van der Waals surface area contributed by atoms with Gasteiger partial charge >= 0.3 is 5.97 Å². The summed E-state index contributed by atoms with van der Waals surface area (Å²) in [6.45, 7) is 0. The monoisotopic (exact) mass is 256 g/mol. The summed E-state index contributed by atoms with van der Waals surface area (Å²) in [6, 6.07) is 14.0. The summed E-state index contributed by atoms with van der Waals surface area (Å²) in [6.07, 6.45) is 0.754. The van der Waals surface area contributed by atoms with Gasteiger partial charge in [0.05, 0.1) is 13.5 Å². The maximum absolute atomic E-state index is 11.8. The van der Waals surface area contributed by atoms with Crippen molar-refractivity contribution in [1.29, 1.82) is 0 Å². The van der Waals surface area contributed by atoms with Gasteiger partial charge in [0.25, 0.3) is 0 Å². The first-order valence-corrected chi connectivity index (χ1v) is 6.25. The van der Waals surface area contributed by atoms with Crippen molar-refractivity contribution in [2.24, 2.45) is 0 Å². The molecule has 19 heavy (non-hydrogen) atoms. The van der Waals surface area contributed by atoms with E-state index in [-0.39, 0.29) is 24.6 Å². The molecule has 0 fully saturated rings. The van der Waals surface area contributed by atoms with Crippen molar-refractivity contribution in [2.75, 3.05) is 7.11 Å². The SMILES string of the molecule is COC(=O)CCC(=O)Cc1ccc2ccccc2c1. The van der Waals surface area contributed by atoms with Crippen LogP contribution in [0.25, 0.3) is 10.8 Å². The number of ketones is 1. The molecule has 0 saturated carbocycles. The zero-order valence-corrected chi connectivity index (χ0v) is 10.9. The highest BCUT2D eigenvalue weighted by molar-refractivity contribution is 5.87. The lowest BCUT2D eigenvalue weighted by molar-refractivity contribution is -0.141. The molecule has 0 bridgehead atoms. The van der Waals surface area contributed by atoms with Crippen LogP contribution in [0, 0.1) is 0 Å². The molecule has 0 atom stereocenters.